The minimum Gasteiger partial charge on any atom is -0.507 e. The van der Waals surface area contributed by atoms with Crippen LogP contribution in [0.2, 0.25) is 0 Å². The van der Waals surface area contributed by atoms with E-state index in [2.05, 4.69) is 43.6 Å². The first-order chi connectivity index (χ1) is 16.9. The van der Waals surface area contributed by atoms with Crippen LogP contribution in [0.15, 0.2) is 35.3 Å². The van der Waals surface area contributed by atoms with Crippen molar-refractivity contribution in [3.8, 4) is 5.75 Å². The van der Waals surface area contributed by atoms with Crippen LogP contribution in [0.3, 0.4) is 0 Å². The average Bonchev–Trinajstić information content (AvgIpc) is 3.54. The maximum atomic E-state index is 13.5. The standard InChI is InChI=1S/C26H30N6O3/c1-26(2)15-35-24(28-26)12-22-19-10-20(23(33)11-21(19)29-30-22)25(34)32-13-16-3-4-18(9-17(16)14-32)31-7-5-27-6-8-31/h3-4,9-11,27,33H,5-8,12-15H2,1-2H3,(H,29,30). The number of hydrogen-bond acceptors (Lipinski definition) is 7. The molecule has 3 N–H and O–H groups in total. The number of nitrogens with zero attached hydrogens (tertiary/aromatic N) is 4. The summed E-state index contributed by atoms with van der Waals surface area (Å²) in [6.45, 7) is 9.59. The molecule has 2 aromatic carbocycles. The Morgan fingerprint density at radius 1 is 1.14 bits per heavy atom. The molecular weight excluding hydrogens is 444 g/mol. The number of amides is 1. The summed E-state index contributed by atoms with van der Waals surface area (Å²) in [5.74, 6) is 0.400. The number of piperazine rings is 1. The van der Waals surface area contributed by atoms with Crippen LogP contribution in [-0.2, 0) is 24.2 Å². The molecule has 4 heterocycles. The number of aromatic amines is 1. The molecule has 0 radical (unpaired) electrons. The van der Waals surface area contributed by atoms with Gasteiger partial charge in [0, 0.05) is 56.4 Å². The number of aromatic nitrogens is 2. The van der Waals surface area contributed by atoms with E-state index in [1.807, 2.05) is 13.8 Å². The van der Waals surface area contributed by atoms with Crippen molar-refractivity contribution in [2.75, 3.05) is 37.7 Å². The zero-order valence-corrected chi connectivity index (χ0v) is 20.1. The molecule has 3 aliphatic rings. The van der Waals surface area contributed by atoms with Crippen molar-refractivity contribution in [1.29, 1.82) is 0 Å². The molecule has 3 aromatic rings. The summed E-state index contributed by atoms with van der Waals surface area (Å²) >= 11 is 0. The lowest BCUT2D eigenvalue weighted by Crippen LogP contribution is -2.43. The molecular formula is C26H30N6O3. The van der Waals surface area contributed by atoms with Crippen molar-refractivity contribution >= 4 is 28.4 Å². The number of anilines is 1. The Bertz CT molecular complexity index is 1340. The molecule has 1 saturated heterocycles. The molecule has 0 aliphatic carbocycles. The Hall–Kier alpha value is -3.59. The zero-order valence-electron chi connectivity index (χ0n) is 20.1. The molecule has 3 aliphatic heterocycles. The molecule has 0 spiro atoms. The third kappa shape index (κ3) is 4.10. The highest BCUT2D eigenvalue weighted by Crippen LogP contribution is 2.32. The molecule has 1 aromatic heterocycles. The fourth-order valence-electron chi connectivity index (χ4n) is 5.12. The summed E-state index contributed by atoms with van der Waals surface area (Å²) in [6, 6.07) is 9.79. The second-order valence-corrected chi connectivity index (χ2v) is 10.2. The van der Waals surface area contributed by atoms with Gasteiger partial charge in [0.1, 0.15) is 12.4 Å². The highest BCUT2D eigenvalue weighted by atomic mass is 16.5. The van der Waals surface area contributed by atoms with E-state index in [4.69, 9.17) is 4.74 Å². The van der Waals surface area contributed by atoms with Gasteiger partial charge in [0.2, 0.25) is 0 Å². The fourth-order valence-corrected chi connectivity index (χ4v) is 5.12. The van der Waals surface area contributed by atoms with E-state index < -0.39 is 0 Å². The molecule has 9 nitrogen and oxygen atoms in total. The lowest BCUT2D eigenvalue weighted by molar-refractivity contribution is 0.0748. The van der Waals surface area contributed by atoms with E-state index in [-0.39, 0.29) is 22.8 Å². The van der Waals surface area contributed by atoms with Crippen LogP contribution in [0.1, 0.15) is 41.0 Å². The number of aromatic hydroxyl groups is 1. The molecule has 0 unspecified atom stereocenters. The first-order valence-electron chi connectivity index (χ1n) is 12.1. The van der Waals surface area contributed by atoms with Gasteiger partial charge in [-0.25, -0.2) is 4.99 Å². The second-order valence-electron chi connectivity index (χ2n) is 10.2. The summed E-state index contributed by atoms with van der Waals surface area (Å²) in [6.07, 6.45) is 0.436. The number of nitrogens with one attached hydrogen (secondary N) is 2. The quantitative estimate of drug-likeness (QED) is 0.537. The Labute approximate surface area is 203 Å². The normalized spacial score (nSPS) is 19.1. The minimum atomic E-state index is -0.240. The lowest BCUT2D eigenvalue weighted by Gasteiger charge is -2.29. The monoisotopic (exact) mass is 474 g/mol. The third-order valence-corrected chi connectivity index (χ3v) is 7.01. The average molecular weight is 475 g/mol. The number of benzene rings is 2. The van der Waals surface area contributed by atoms with Crippen molar-refractivity contribution in [3.63, 3.8) is 0 Å². The van der Waals surface area contributed by atoms with Gasteiger partial charge in [-0.1, -0.05) is 6.07 Å². The molecule has 6 rings (SSSR count). The molecule has 0 atom stereocenters. The third-order valence-electron chi connectivity index (χ3n) is 7.01. The van der Waals surface area contributed by atoms with Crippen molar-refractivity contribution in [2.24, 2.45) is 4.99 Å². The van der Waals surface area contributed by atoms with E-state index in [9.17, 15) is 9.90 Å². The number of rotatable bonds is 4. The maximum absolute atomic E-state index is 13.5. The topological polar surface area (TPSA) is 106 Å². The van der Waals surface area contributed by atoms with Gasteiger partial charge in [-0.3, -0.25) is 9.89 Å². The number of hydrogen-bond donors (Lipinski definition) is 3. The summed E-state index contributed by atoms with van der Waals surface area (Å²) in [5.41, 5.74) is 4.99. The number of aliphatic imine (C=N–C) groups is 1. The number of H-pyrrole nitrogens is 1. The summed E-state index contributed by atoms with van der Waals surface area (Å²) in [7, 11) is 0. The van der Waals surface area contributed by atoms with Gasteiger partial charge in [0.05, 0.1) is 28.7 Å². The number of ether oxygens (including phenoxy) is 1. The molecule has 0 saturated carbocycles. The lowest BCUT2D eigenvalue weighted by atomic mass is 10.1. The molecule has 0 bridgehead atoms. The van der Waals surface area contributed by atoms with E-state index in [1.54, 1.807) is 17.0 Å². The van der Waals surface area contributed by atoms with E-state index >= 15 is 0 Å². The van der Waals surface area contributed by atoms with Crippen LogP contribution in [-0.4, -0.2) is 70.3 Å². The van der Waals surface area contributed by atoms with Gasteiger partial charge in [0.15, 0.2) is 5.90 Å². The van der Waals surface area contributed by atoms with Gasteiger partial charge < -0.3 is 25.0 Å². The number of phenols is 1. The maximum Gasteiger partial charge on any atom is 0.258 e. The predicted molar refractivity (Wildman–Crippen MR) is 134 cm³/mol. The first-order valence-corrected chi connectivity index (χ1v) is 12.1. The molecule has 1 amide bonds. The fraction of sp³-hybridized carbons (Fsp3) is 0.423. The summed E-state index contributed by atoms with van der Waals surface area (Å²) in [5, 5.41) is 22.2. The zero-order chi connectivity index (χ0) is 24.2. The van der Waals surface area contributed by atoms with Crippen molar-refractivity contribution < 1.29 is 14.6 Å². The second kappa shape index (κ2) is 8.27. The molecule has 1 fully saturated rings. The summed E-state index contributed by atoms with van der Waals surface area (Å²) in [4.78, 5) is 22.3. The number of carbonyl (C=O) groups is 1. The first kappa shape index (κ1) is 21.9. The molecule has 9 heteroatoms. The predicted octanol–water partition coefficient (Wildman–Crippen LogP) is 2.58. The van der Waals surface area contributed by atoms with Gasteiger partial charge >= 0.3 is 0 Å². The van der Waals surface area contributed by atoms with Crippen LogP contribution in [0.25, 0.3) is 10.9 Å². The van der Waals surface area contributed by atoms with E-state index in [0.717, 1.165) is 48.4 Å². The molecule has 35 heavy (non-hydrogen) atoms. The SMILES string of the molecule is CC1(C)COC(Cc2n[nH]c3cc(O)c(C(=O)N4Cc5ccc(N6CCNCC6)cc5C4)cc23)=N1. The van der Waals surface area contributed by atoms with E-state index in [0.29, 0.717) is 37.5 Å². The minimum absolute atomic E-state index is 0.0502. The van der Waals surface area contributed by atoms with Gasteiger partial charge in [-0.05, 0) is 43.2 Å². The Morgan fingerprint density at radius 3 is 2.71 bits per heavy atom. The van der Waals surface area contributed by atoms with Crippen LogP contribution in [0.5, 0.6) is 5.75 Å². The number of fused-ring (bicyclic) bond motifs is 2. The highest BCUT2D eigenvalue weighted by Gasteiger charge is 2.29. The highest BCUT2D eigenvalue weighted by molar-refractivity contribution is 6.02. The number of carbonyl (C=O) groups excluding carboxylic acids is 1. The van der Waals surface area contributed by atoms with Crippen molar-refractivity contribution in [2.45, 2.75) is 38.9 Å². The van der Waals surface area contributed by atoms with Crippen LogP contribution in [0.4, 0.5) is 5.69 Å². The van der Waals surface area contributed by atoms with Crippen molar-refractivity contribution in [1.82, 2.24) is 20.4 Å². The van der Waals surface area contributed by atoms with Crippen LogP contribution in [0, 0.1) is 0 Å². The number of phenolic OH excluding ortho intramolecular Hbond substituents is 1. The van der Waals surface area contributed by atoms with Gasteiger partial charge in [-0.15, -0.1) is 0 Å². The van der Waals surface area contributed by atoms with Gasteiger partial charge in [-0.2, -0.15) is 5.10 Å². The van der Waals surface area contributed by atoms with Crippen LogP contribution >= 0.6 is 0 Å². The Morgan fingerprint density at radius 2 is 1.94 bits per heavy atom. The summed E-state index contributed by atoms with van der Waals surface area (Å²) < 4.78 is 5.73. The molecule has 182 valence electrons. The Kier molecular flexibility index (Phi) is 5.17. The van der Waals surface area contributed by atoms with E-state index in [1.165, 1.54) is 5.69 Å². The van der Waals surface area contributed by atoms with Crippen LogP contribution < -0.4 is 10.2 Å². The Balaban J connectivity index is 1.24. The smallest absolute Gasteiger partial charge is 0.258 e. The largest absolute Gasteiger partial charge is 0.507 e. The van der Waals surface area contributed by atoms with Gasteiger partial charge in [0.25, 0.3) is 5.91 Å². The van der Waals surface area contributed by atoms with Crippen molar-refractivity contribution in [3.05, 3.63) is 52.7 Å².